The molecule has 0 amide bonds. The van der Waals surface area contributed by atoms with E-state index in [0.717, 1.165) is 28.7 Å². The molecule has 1 aromatic carbocycles. The first-order valence-electron chi connectivity index (χ1n) is 8.37. The van der Waals surface area contributed by atoms with E-state index in [1.807, 2.05) is 24.3 Å². The van der Waals surface area contributed by atoms with Crippen LogP contribution in [0.2, 0.25) is 0 Å². The summed E-state index contributed by atoms with van der Waals surface area (Å²) < 4.78 is 23.4. The summed E-state index contributed by atoms with van der Waals surface area (Å²) in [6, 6.07) is 13.4. The molecule has 0 saturated carbocycles. The Balaban J connectivity index is 2.05. The molecule has 0 radical (unpaired) electrons. The lowest BCUT2D eigenvalue weighted by atomic mass is 9.80. The van der Waals surface area contributed by atoms with Gasteiger partial charge in [0.2, 0.25) is 0 Å². The third-order valence-corrected chi connectivity index (χ3v) is 5.44. The molecule has 132 valence electrons. The molecule has 0 saturated heterocycles. The molecule has 4 nitrogen and oxygen atoms in total. The highest BCUT2D eigenvalue weighted by Gasteiger charge is 2.24. The minimum atomic E-state index is -3.18. The maximum atomic E-state index is 11.7. The Morgan fingerprint density at radius 3 is 2.36 bits per heavy atom. The normalized spacial score (nSPS) is 13.9. The quantitative estimate of drug-likeness (QED) is 0.747. The van der Waals surface area contributed by atoms with Crippen LogP contribution >= 0.6 is 0 Å². The van der Waals surface area contributed by atoms with Gasteiger partial charge in [-0.05, 0) is 47.7 Å². The van der Waals surface area contributed by atoms with Gasteiger partial charge in [-0.25, -0.2) is 13.4 Å². The van der Waals surface area contributed by atoms with Gasteiger partial charge in [-0.3, -0.25) is 0 Å². The van der Waals surface area contributed by atoms with Gasteiger partial charge in [-0.1, -0.05) is 32.9 Å². The summed E-state index contributed by atoms with van der Waals surface area (Å²) in [5.74, 6) is 0.155. The van der Waals surface area contributed by atoms with Crippen LogP contribution in [0.25, 0.3) is 11.0 Å². The van der Waals surface area contributed by atoms with E-state index in [-0.39, 0.29) is 11.3 Å². The summed E-state index contributed by atoms with van der Waals surface area (Å²) in [6.07, 6.45) is 3.96. The zero-order chi connectivity index (χ0) is 18.2. The number of benzene rings is 1. The lowest BCUT2D eigenvalue weighted by Crippen LogP contribution is -2.13. The number of nitrogens with zero attached hydrogens (tertiary/aromatic N) is 1. The van der Waals surface area contributed by atoms with Crippen molar-refractivity contribution in [3.8, 4) is 0 Å². The molecule has 1 atom stereocenters. The lowest BCUT2D eigenvalue weighted by Gasteiger charge is -2.26. The van der Waals surface area contributed by atoms with Gasteiger partial charge >= 0.3 is 0 Å². The van der Waals surface area contributed by atoms with Crippen molar-refractivity contribution < 1.29 is 8.42 Å². The van der Waals surface area contributed by atoms with Crippen molar-refractivity contribution in [2.45, 2.75) is 38.0 Å². The molecule has 1 N–H and O–H groups in total. The predicted octanol–water partition coefficient (Wildman–Crippen LogP) is 4.53. The highest BCUT2D eigenvalue weighted by molar-refractivity contribution is 7.90. The molecule has 0 bridgehead atoms. The number of hydrogen-bond acceptors (Lipinski definition) is 3. The molecular weight excluding hydrogens is 332 g/mol. The van der Waals surface area contributed by atoms with Gasteiger partial charge in [0, 0.05) is 29.5 Å². The molecule has 0 aliphatic carbocycles. The Morgan fingerprint density at radius 2 is 1.80 bits per heavy atom. The SMILES string of the molecule is CC(C)(C)CC(c1ccc(S(C)(=O)=O)cc1)c1cc2cccnc2[nH]1. The summed E-state index contributed by atoms with van der Waals surface area (Å²) in [5.41, 5.74) is 3.22. The molecule has 25 heavy (non-hydrogen) atoms. The third kappa shape index (κ3) is 4.10. The standard InChI is InChI=1S/C20H24N2O2S/c1-20(2,3)13-17(14-7-9-16(10-8-14)25(4,23)24)18-12-15-6-5-11-21-19(15)22-18/h5-12,17H,13H2,1-4H3,(H,21,22). The van der Waals surface area contributed by atoms with E-state index in [0.29, 0.717) is 4.90 Å². The average molecular weight is 356 g/mol. The summed E-state index contributed by atoms with van der Waals surface area (Å²) in [4.78, 5) is 8.17. The first kappa shape index (κ1) is 17.7. The van der Waals surface area contributed by atoms with E-state index >= 15 is 0 Å². The second-order valence-electron chi connectivity index (χ2n) is 7.82. The van der Waals surface area contributed by atoms with Gasteiger partial charge in [0.25, 0.3) is 0 Å². The van der Waals surface area contributed by atoms with E-state index in [9.17, 15) is 8.42 Å². The van der Waals surface area contributed by atoms with Crippen molar-refractivity contribution in [2.24, 2.45) is 5.41 Å². The van der Waals surface area contributed by atoms with Crippen LogP contribution in [0.15, 0.2) is 53.6 Å². The number of fused-ring (bicyclic) bond motifs is 1. The van der Waals surface area contributed by atoms with Crippen molar-refractivity contribution in [1.29, 1.82) is 0 Å². The van der Waals surface area contributed by atoms with Crippen LogP contribution in [0, 0.1) is 5.41 Å². The van der Waals surface area contributed by atoms with Crippen molar-refractivity contribution in [3.05, 3.63) is 59.9 Å². The van der Waals surface area contributed by atoms with Crippen LogP contribution in [0.3, 0.4) is 0 Å². The number of pyridine rings is 1. The van der Waals surface area contributed by atoms with Gasteiger partial charge in [0.15, 0.2) is 9.84 Å². The molecule has 0 spiro atoms. The second kappa shape index (κ2) is 6.30. The number of sulfone groups is 1. The van der Waals surface area contributed by atoms with Crippen molar-refractivity contribution >= 4 is 20.9 Å². The van der Waals surface area contributed by atoms with Crippen LogP contribution in [-0.4, -0.2) is 24.6 Å². The van der Waals surface area contributed by atoms with E-state index in [2.05, 4.69) is 36.8 Å². The minimum Gasteiger partial charge on any atom is -0.343 e. The summed E-state index contributed by atoms with van der Waals surface area (Å²) in [6.45, 7) is 6.64. The van der Waals surface area contributed by atoms with E-state index in [1.54, 1.807) is 18.3 Å². The summed E-state index contributed by atoms with van der Waals surface area (Å²) in [5, 5.41) is 1.09. The summed E-state index contributed by atoms with van der Waals surface area (Å²) >= 11 is 0. The Hall–Kier alpha value is -2.14. The maximum absolute atomic E-state index is 11.7. The largest absolute Gasteiger partial charge is 0.343 e. The molecule has 2 aromatic heterocycles. The van der Waals surface area contributed by atoms with Gasteiger partial charge < -0.3 is 4.98 Å². The number of aromatic nitrogens is 2. The van der Waals surface area contributed by atoms with Gasteiger partial charge in [0.1, 0.15) is 5.65 Å². The molecule has 5 heteroatoms. The first-order valence-corrected chi connectivity index (χ1v) is 10.3. The van der Waals surface area contributed by atoms with Crippen LogP contribution < -0.4 is 0 Å². The molecule has 0 aliphatic heterocycles. The fraction of sp³-hybridized carbons (Fsp3) is 0.350. The lowest BCUT2D eigenvalue weighted by molar-refractivity contribution is 0.355. The zero-order valence-electron chi connectivity index (χ0n) is 15.1. The molecule has 3 rings (SSSR count). The minimum absolute atomic E-state index is 0.130. The van der Waals surface area contributed by atoms with Gasteiger partial charge in [0.05, 0.1) is 4.90 Å². The molecule has 1 unspecified atom stereocenters. The molecular formula is C20H24N2O2S. The van der Waals surface area contributed by atoms with Crippen molar-refractivity contribution in [1.82, 2.24) is 9.97 Å². The molecule has 2 heterocycles. The zero-order valence-corrected chi connectivity index (χ0v) is 15.9. The Bertz CT molecular complexity index is 947. The highest BCUT2D eigenvalue weighted by Crippen LogP contribution is 2.37. The van der Waals surface area contributed by atoms with Crippen molar-refractivity contribution in [3.63, 3.8) is 0 Å². The second-order valence-corrected chi connectivity index (χ2v) is 9.84. The van der Waals surface area contributed by atoms with Gasteiger partial charge in [-0.15, -0.1) is 0 Å². The van der Waals surface area contributed by atoms with Crippen LogP contribution in [0.1, 0.15) is 44.4 Å². The fourth-order valence-electron chi connectivity index (χ4n) is 3.13. The fourth-order valence-corrected chi connectivity index (χ4v) is 3.76. The average Bonchev–Trinajstić information content (AvgIpc) is 2.95. The highest BCUT2D eigenvalue weighted by atomic mass is 32.2. The number of H-pyrrole nitrogens is 1. The Morgan fingerprint density at radius 1 is 1.12 bits per heavy atom. The summed E-state index contributed by atoms with van der Waals surface area (Å²) in [7, 11) is -3.18. The van der Waals surface area contributed by atoms with Crippen LogP contribution in [0.5, 0.6) is 0 Å². The number of nitrogens with one attached hydrogen (secondary N) is 1. The van der Waals surface area contributed by atoms with Crippen molar-refractivity contribution in [2.75, 3.05) is 6.26 Å². The third-order valence-electron chi connectivity index (χ3n) is 4.32. The topological polar surface area (TPSA) is 62.8 Å². The predicted molar refractivity (Wildman–Crippen MR) is 102 cm³/mol. The number of rotatable bonds is 4. The molecule has 0 fully saturated rings. The number of hydrogen-bond donors (Lipinski definition) is 1. The van der Waals surface area contributed by atoms with E-state index in [1.165, 1.54) is 6.26 Å². The molecule has 3 aromatic rings. The molecule has 0 aliphatic rings. The van der Waals surface area contributed by atoms with E-state index < -0.39 is 9.84 Å². The van der Waals surface area contributed by atoms with Crippen LogP contribution in [-0.2, 0) is 9.84 Å². The maximum Gasteiger partial charge on any atom is 0.175 e. The number of aromatic amines is 1. The monoisotopic (exact) mass is 356 g/mol. The van der Waals surface area contributed by atoms with E-state index in [4.69, 9.17) is 0 Å². The Kier molecular flexibility index (Phi) is 4.45. The Labute approximate surface area is 149 Å². The van der Waals surface area contributed by atoms with Gasteiger partial charge in [-0.2, -0.15) is 0 Å². The van der Waals surface area contributed by atoms with Crippen LogP contribution in [0.4, 0.5) is 0 Å². The smallest absolute Gasteiger partial charge is 0.175 e. The first-order chi connectivity index (χ1) is 11.6.